The standard InChI is InChI=1S/C16H24F6O4.C15H24F6O3.C12H18F6O3/c1-8-12(4,5)11(24)26-13(6,7)14(15(17,18)19,16(20,21)22)25-10(23)9(2)3;1-6-12(4,5)11(22)24-10(7-9(2)3)8-13(23,14(16,17)18)15(19,20)21;1-6-8(2,3)7(19)21-9(4,5)10(20,11(13,14)15)12(16,17)18/h9H,8H2,1-7H3;9-10,23H,6-8H2,1-5H3;20H,6H2,1-5H3. The Morgan fingerprint density at radius 2 is 0.732 bits per heavy atom. The van der Waals surface area contributed by atoms with E-state index in [2.05, 4.69) is 14.2 Å². The summed E-state index contributed by atoms with van der Waals surface area (Å²) in [5.74, 6) is -6.76. The fourth-order valence-corrected chi connectivity index (χ4v) is 5.24. The second-order valence-electron chi connectivity index (χ2n) is 20.2. The molecule has 0 fully saturated rings. The van der Waals surface area contributed by atoms with Gasteiger partial charge in [-0.2, -0.15) is 79.0 Å². The summed E-state index contributed by atoms with van der Waals surface area (Å²) in [5, 5.41) is 18.6. The molecule has 0 amide bonds. The van der Waals surface area contributed by atoms with Crippen molar-refractivity contribution in [3.05, 3.63) is 0 Å². The second-order valence-corrected chi connectivity index (χ2v) is 20.2. The number of rotatable bonds is 17. The Morgan fingerprint density at radius 1 is 0.437 bits per heavy atom. The Bertz CT molecular complexity index is 1710. The molecule has 0 saturated carbocycles. The van der Waals surface area contributed by atoms with Gasteiger partial charge in [-0.05, 0) is 101 Å². The third-order valence-electron chi connectivity index (χ3n) is 11.5. The van der Waals surface area contributed by atoms with Crippen molar-refractivity contribution in [2.24, 2.45) is 28.1 Å². The summed E-state index contributed by atoms with van der Waals surface area (Å²) in [7, 11) is 0. The zero-order chi connectivity index (χ0) is 58.4. The molecule has 0 radical (unpaired) electrons. The van der Waals surface area contributed by atoms with Crippen LogP contribution in [0.4, 0.5) is 79.0 Å². The zero-order valence-corrected chi connectivity index (χ0v) is 42.2. The minimum absolute atomic E-state index is 0.110. The van der Waals surface area contributed by atoms with Crippen LogP contribution in [-0.2, 0) is 38.1 Å². The van der Waals surface area contributed by atoms with Crippen LogP contribution >= 0.6 is 0 Å². The summed E-state index contributed by atoms with van der Waals surface area (Å²) >= 11 is 0. The Morgan fingerprint density at radius 3 is 0.972 bits per heavy atom. The summed E-state index contributed by atoms with van der Waals surface area (Å²) in [6.45, 7) is 19.8. The van der Waals surface area contributed by atoms with E-state index in [1.165, 1.54) is 55.4 Å². The molecule has 0 aromatic rings. The first kappa shape index (κ1) is 71.8. The number of carbonyl (C=O) groups excluding carboxylic acids is 4. The third-order valence-corrected chi connectivity index (χ3v) is 11.5. The fourth-order valence-electron chi connectivity index (χ4n) is 5.24. The normalized spacial score (nSPS) is 15.0. The van der Waals surface area contributed by atoms with Crippen LogP contribution in [0, 0.1) is 28.1 Å². The van der Waals surface area contributed by atoms with Crippen molar-refractivity contribution in [2.45, 2.75) is 221 Å². The van der Waals surface area contributed by atoms with E-state index in [0.29, 0.717) is 34.1 Å². The molecule has 10 nitrogen and oxygen atoms in total. The van der Waals surface area contributed by atoms with Gasteiger partial charge >= 0.3 is 66.5 Å². The molecule has 0 aromatic heterocycles. The highest BCUT2D eigenvalue weighted by Crippen LogP contribution is 2.55. The predicted molar refractivity (Wildman–Crippen MR) is 216 cm³/mol. The number of hydrogen-bond acceptors (Lipinski definition) is 10. The molecule has 0 aliphatic rings. The maximum atomic E-state index is 13.6. The van der Waals surface area contributed by atoms with E-state index in [1.807, 2.05) is 0 Å². The third kappa shape index (κ3) is 17.0. The molecule has 0 aliphatic carbocycles. The van der Waals surface area contributed by atoms with Crippen LogP contribution in [0.2, 0.25) is 0 Å². The molecule has 1 unspecified atom stereocenters. The van der Waals surface area contributed by atoms with E-state index in [9.17, 15) is 108 Å². The number of esters is 4. The van der Waals surface area contributed by atoms with Crippen molar-refractivity contribution in [3.63, 3.8) is 0 Å². The van der Waals surface area contributed by atoms with Crippen LogP contribution in [0.15, 0.2) is 0 Å². The Balaban J connectivity index is -0.000000983. The van der Waals surface area contributed by atoms with E-state index in [0.717, 1.165) is 13.8 Å². The maximum absolute atomic E-state index is 13.6. The highest BCUT2D eigenvalue weighted by atomic mass is 19.4. The number of ether oxygens (including phenoxy) is 4. The molecule has 28 heteroatoms. The minimum Gasteiger partial charge on any atom is -0.462 e. The molecular formula is C43H66F18O10. The second kappa shape index (κ2) is 23.4. The van der Waals surface area contributed by atoms with Crippen LogP contribution in [0.1, 0.15) is 150 Å². The molecule has 2 N–H and O–H groups in total. The number of halogens is 18. The van der Waals surface area contributed by atoms with Crippen LogP contribution in [-0.4, -0.2) is 105 Å². The maximum Gasteiger partial charge on any atom is 0.441 e. The van der Waals surface area contributed by atoms with E-state index < -0.39 is 124 Å². The monoisotopic (exact) mass is 1080 g/mol. The topological polar surface area (TPSA) is 146 Å². The zero-order valence-electron chi connectivity index (χ0n) is 42.2. The van der Waals surface area contributed by atoms with Gasteiger partial charge < -0.3 is 29.2 Å². The van der Waals surface area contributed by atoms with Gasteiger partial charge in [-0.1, -0.05) is 48.5 Å². The lowest BCUT2D eigenvalue weighted by Gasteiger charge is -2.46. The van der Waals surface area contributed by atoms with E-state index in [-0.39, 0.29) is 25.2 Å². The van der Waals surface area contributed by atoms with Crippen LogP contribution in [0.25, 0.3) is 0 Å². The largest absolute Gasteiger partial charge is 0.462 e. The molecule has 0 rings (SSSR count). The van der Waals surface area contributed by atoms with Gasteiger partial charge in [-0.15, -0.1) is 0 Å². The van der Waals surface area contributed by atoms with Crippen molar-refractivity contribution in [1.29, 1.82) is 0 Å². The molecule has 71 heavy (non-hydrogen) atoms. The molecule has 0 saturated heterocycles. The van der Waals surface area contributed by atoms with Crippen molar-refractivity contribution in [2.75, 3.05) is 0 Å². The first-order valence-corrected chi connectivity index (χ1v) is 21.4. The van der Waals surface area contributed by atoms with Gasteiger partial charge in [0, 0.05) is 6.42 Å². The molecular weight excluding hydrogens is 1020 g/mol. The SMILES string of the molecule is CCC(C)(C)C(=O)OC(C)(C)C(O)(C(F)(F)F)C(F)(F)F.CCC(C)(C)C(=O)OC(C)(C)C(OC(=O)C(C)C)(C(F)(F)F)C(F)(F)F.CCC(C)(C)C(=O)OC(CC(C)C)CC(O)(C(F)(F)F)C(F)(F)F. The van der Waals surface area contributed by atoms with Crippen molar-refractivity contribution in [3.8, 4) is 0 Å². The van der Waals surface area contributed by atoms with Crippen LogP contribution < -0.4 is 0 Å². The average Bonchev–Trinajstić information content (AvgIpc) is 3.13. The van der Waals surface area contributed by atoms with Crippen molar-refractivity contribution < 1.29 is 127 Å². The van der Waals surface area contributed by atoms with Gasteiger partial charge in [0.15, 0.2) is 11.2 Å². The number of aliphatic hydroxyl groups is 2. The van der Waals surface area contributed by atoms with E-state index in [1.54, 1.807) is 20.8 Å². The fraction of sp³-hybridized carbons (Fsp3) is 0.907. The summed E-state index contributed by atoms with van der Waals surface area (Å²) in [4.78, 5) is 47.6. The lowest BCUT2D eigenvalue weighted by Crippen LogP contribution is -2.72. The smallest absolute Gasteiger partial charge is 0.441 e. The van der Waals surface area contributed by atoms with Gasteiger partial charge in [-0.3, -0.25) is 19.2 Å². The molecule has 1 atom stereocenters. The molecule has 0 bridgehead atoms. The van der Waals surface area contributed by atoms with Gasteiger partial charge in [0.05, 0.1) is 22.2 Å². The van der Waals surface area contributed by atoms with E-state index >= 15 is 0 Å². The predicted octanol–water partition coefficient (Wildman–Crippen LogP) is 13.0. The number of hydrogen-bond donors (Lipinski definition) is 2. The van der Waals surface area contributed by atoms with Crippen LogP contribution in [0.5, 0.6) is 0 Å². The van der Waals surface area contributed by atoms with Gasteiger partial charge in [-0.25, -0.2) is 0 Å². The Hall–Kier alpha value is -3.46. The summed E-state index contributed by atoms with van der Waals surface area (Å²) in [5.41, 5.74) is -25.3. The summed E-state index contributed by atoms with van der Waals surface area (Å²) in [6, 6.07) is 0. The average molecular weight is 1080 g/mol. The molecule has 0 aromatic carbocycles. The summed E-state index contributed by atoms with van der Waals surface area (Å²) in [6.07, 6.45) is -39.4. The molecule has 0 spiro atoms. The van der Waals surface area contributed by atoms with Crippen molar-refractivity contribution in [1.82, 2.24) is 0 Å². The first-order chi connectivity index (χ1) is 30.7. The van der Waals surface area contributed by atoms with Crippen LogP contribution in [0.3, 0.4) is 0 Å². The number of carbonyl (C=O) groups is 4. The highest BCUT2D eigenvalue weighted by Gasteiger charge is 2.83. The van der Waals surface area contributed by atoms with E-state index in [4.69, 9.17) is 4.74 Å². The van der Waals surface area contributed by atoms with Gasteiger partial charge in [0.25, 0.3) is 11.2 Å². The highest BCUT2D eigenvalue weighted by molar-refractivity contribution is 5.77. The molecule has 424 valence electrons. The molecule has 0 heterocycles. The Kier molecular flexibility index (Phi) is 23.7. The van der Waals surface area contributed by atoms with Gasteiger partial charge in [0.2, 0.25) is 0 Å². The number of alkyl halides is 18. The quantitative estimate of drug-likeness (QED) is 0.0820. The lowest BCUT2D eigenvalue weighted by atomic mass is 9.82. The minimum atomic E-state index is -6.09. The molecule has 0 aliphatic heterocycles. The first-order valence-electron chi connectivity index (χ1n) is 21.4. The van der Waals surface area contributed by atoms with Gasteiger partial charge in [0.1, 0.15) is 6.10 Å². The Labute approximate surface area is 400 Å². The summed E-state index contributed by atoms with van der Waals surface area (Å²) < 4.78 is 253. The van der Waals surface area contributed by atoms with Crippen molar-refractivity contribution >= 4 is 23.9 Å². The lowest BCUT2D eigenvalue weighted by molar-refractivity contribution is -0.409.